The van der Waals surface area contributed by atoms with Crippen molar-refractivity contribution in [1.82, 2.24) is 19.9 Å². The molecule has 0 saturated heterocycles. The van der Waals surface area contributed by atoms with Crippen LogP contribution in [0.2, 0.25) is 0 Å². The molecule has 4 heterocycles. The summed E-state index contributed by atoms with van der Waals surface area (Å²) in [5, 5.41) is 8.70. The van der Waals surface area contributed by atoms with E-state index in [1.54, 1.807) is 30.7 Å². The van der Waals surface area contributed by atoms with E-state index in [-0.39, 0.29) is 20.1 Å². The van der Waals surface area contributed by atoms with Gasteiger partial charge < -0.3 is 4.98 Å². The van der Waals surface area contributed by atoms with Gasteiger partial charge in [-0.3, -0.25) is 15.0 Å². The Kier molecular flexibility index (Phi) is 12.5. The molecule has 7 aromatic rings. The molecular weight excluding hydrogens is 733 g/mol. The van der Waals surface area contributed by atoms with Crippen LogP contribution in [0.3, 0.4) is 0 Å². The van der Waals surface area contributed by atoms with Gasteiger partial charge in [0.15, 0.2) is 4.98 Å². The van der Waals surface area contributed by atoms with E-state index >= 15 is 0 Å². The zero-order valence-electron chi connectivity index (χ0n) is 24.2. The summed E-state index contributed by atoms with van der Waals surface area (Å²) in [4.78, 5) is 20.3. The Bertz CT molecular complexity index is 1730. The monoisotopic (exact) mass is 761 g/mol. The van der Waals surface area contributed by atoms with Gasteiger partial charge in [-0.05, 0) is 71.4 Å². The summed E-state index contributed by atoms with van der Waals surface area (Å²) < 4.78 is 0. The normalized spacial score (nSPS) is 9.58. The SMILES string of the molecule is N#[N+]c1ccc(-c2ccnc(-c3ccccn3)c2)cc1.[Ir].[c-]1ccccc1-c1ccccn1.c1ccc(-c2ccccn2)cc1. The maximum absolute atomic E-state index is 8.70. The molecule has 0 saturated carbocycles. The van der Waals surface area contributed by atoms with E-state index in [0.717, 1.165) is 45.0 Å². The van der Waals surface area contributed by atoms with Gasteiger partial charge in [-0.1, -0.05) is 54.6 Å². The van der Waals surface area contributed by atoms with Crippen molar-refractivity contribution >= 4 is 5.69 Å². The summed E-state index contributed by atoms with van der Waals surface area (Å²) in [6.07, 6.45) is 7.11. The van der Waals surface area contributed by atoms with Gasteiger partial charge in [-0.15, -0.1) is 35.9 Å². The summed E-state index contributed by atoms with van der Waals surface area (Å²) in [5.74, 6) is 0. The van der Waals surface area contributed by atoms with Gasteiger partial charge in [0.1, 0.15) is 0 Å². The molecule has 0 aliphatic rings. The number of hydrogen-bond donors (Lipinski definition) is 0. The fraction of sp³-hybridized carbons (Fsp3) is 0. The Morgan fingerprint density at radius 2 is 1.02 bits per heavy atom. The first-order chi connectivity index (χ1) is 21.8. The third-order valence-corrected chi connectivity index (χ3v) is 6.39. The van der Waals surface area contributed by atoms with Gasteiger partial charge in [0, 0.05) is 62.6 Å². The minimum absolute atomic E-state index is 0. The Hall–Kier alpha value is -5.67. The maximum Gasteiger partial charge on any atom is 0.385 e. The van der Waals surface area contributed by atoms with Crippen molar-refractivity contribution < 1.29 is 20.1 Å². The van der Waals surface area contributed by atoms with Gasteiger partial charge in [0.25, 0.3) is 0 Å². The molecule has 0 spiro atoms. The van der Waals surface area contributed by atoms with Gasteiger partial charge >= 0.3 is 5.69 Å². The average Bonchev–Trinajstić information content (AvgIpc) is 3.14. The van der Waals surface area contributed by atoms with E-state index in [4.69, 9.17) is 5.39 Å². The van der Waals surface area contributed by atoms with Gasteiger partial charge in [0.05, 0.1) is 17.1 Å². The van der Waals surface area contributed by atoms with Gasteiger partial charge in [0.2, 0.25) is 5.39 Å². The third-order valence-electron chi connectivity index (χ3n) is 6.39. The Morgan fingerprint density at radius 1 is 0.444 bits per heavy atom. The second kappa shape index (κ2) is 17.4. The smallest absolute Gasteiger partial charge is 0.305 e. The van der Waals surface area contributed by atoms with Crippen LogP contribution in [0, 0.1) is 11.5 Å². The molecule has 0 amide bonds. The van der Waals surface area contributed by atoms with Crippen molar-refractivity contribution in [2.24, 2.45) is 0 Å². The predicted molar refractivity (Wildman–Crippen MR) is 176 cm³/mol. The van der Waals surface area contributed by atoms with E-state index in [1.807, 2.05) is 128 Å². The van der Waals surface area contributed by atoms with E-state index in [9.17, 15) is 0 Å². The zero-order chi connectivity index (χ0) is 30.2. The van der Waals surface area contributed by atoms with E-state index < -0.39 is 0 Å². The Morgan fingerprint density at radius 3 is 1.60 bits per heavy atom. The van der Waals surface area contributed by atoms with Crippen molar-refractivity contribution in [2.75, 3.05) is 0 Å². The molecule has 4 aromatic heterocycles. The van der Waals surface area contributed by atoms with Crippen LogP contribution in [-0.2, 0) is 20.1 Å². The Labute approximate surface area is 276 Å². The van der Waals surface area contributed by atoms with Crippen molar-refractivity contribution in [2.45, 2.75) is 0 Å². The van der Waals surface area contributed by atoms with Gasteiger partial charge in [-0.2, -0.15) is 0 Å². The largest absolute Gasteiger partial charge is 0.385 e. The summed E-state index contributed by atoms with van der Waals surface area (Å²) in [7, 11) is 0. The van der Waals surface area contributed by atoms with Crippen molar-refractivity contribution in [1.29, 1.82) is 5.39 Å². The van der Waals surface area contributed by atoms with Crippen LogP contribution in [0.25, 0.3) is 50.0 Å². The molecule has 0 N–H and O–H groups in total. The molecule has 0 unspecified atom stereocenters. The molecule has 7 rings (SSSR count). The average molecular weight is 761 g/mol. The molecule has 45 heavy (non-hydrogen) atoms. The molecule has 1 radical (unpaired) electrons. The molecule has 0 bridgehead atoms. The molecule has 3 aromatic carbocycles. The number of aromatic nitrogens is 4. The zero-order valence-corrected chi connectivity index (χ0v) is 26.6. The topological polar surface area (TPSA) is 79.7 Å². The van der Waals surface area contributed by atoms with E-state index in [1.165, 1.54) is 0 Å². The number of rotatable bonds is 4. The second-order valence-electron chi connectivity index (χ2n) is 9.36. The predicted octanol–water partition coefficient (Wildman–Crippen LogP) is 9.59. The standard InChI is InChI=1S/C16H11N4.C11H9N.C11H8N.Ir/c17-20-14-6-4-12(5-7-14)13-8-10-19-16(11-13)15-3-1-2-9-18-15;2*1-2-6-10(7-3-1)11-8-4-5-9-12-11;/h1-11H;1-9H;1-6,8-9H;/q+1;;-1;. The quantitative estimate of drug-likeness (QED) is 0.132. The van der Waals surface area contributed by atoms with Crippen molar-refractivity contribution in [3.63, 3.8) is 0 Å². The second-order valence-corrected chi connectivity index (χ2v) is 9.36. The number of nitrogens with zero attached hydrogens (tertiary/aromatic N) is 6. The molecule has 0 aliphatic heterocycles. The molecular formula is C38H28IrN6. The molecule has 7 heteroatoms. The molecule has 0 atom stereocenters. The van der Waals surface area contributed by atoms with Crippen LogP contribution >= 0.6 is 0 Å². The number of pyridine rings is 4. The molecule has 0 fully saturated rings. The maximum atomic E-state index is 8.70. The summed E-state index contributed by atoms with van der Waals surface area (Å²) >= 11 is 0. The summed E-state index contributed by atoms with van der Waals surface area (Å²) in [6.45, 7) is 0. The van der Waals surface area contributed by atoms with Crippen LogP contribution < -0.4 is 0 Å². The van der Waals surface area contributed by atoms with Crippen molar-refractivity contribution in [3.05, 3.63) is 181 Å². The molecule has 0 aliphatic carbocycles. The van der Waals surface area contributed by atoms with E-state index in [2.05, 4.69) is 43.1 Å². The molecule has 6 nitrogen and oxygen atoms in total. The number of benzene rings is 3. The minimum atomic E-state index is 0. The first-order valence-electron chi connectivity index (χ1n) is 14.0. The number of diazo groups is 1. The minimum Gasteiger partial charge on any atom is -0.305 e. The number of hydrogen-bond acceptors (Lipinski definition) is 5. The van der Waals surface area contributed by atoms with Crippen LogP contribution in [0.1, 0.15) is 0 Å². The molecule has 219 valence electrons. The van der Waals surface area contributed by atoms with Crippen LogP contribution in [0.5, 0.6) is 0 Å². The fourth-order valence-electron chi connectivity index (χ4n) is 4.20. The van der Waals surface area contributed by atoms with Crippen LogP contribution in [-0.4, -0.2) is 19.9 Å². The summed E-state index contributed by atoms with van der Waals surface area (Å²) in [5.41, 5.74) is 8.50. The van der Waals surface area contributed by atoms with Gasteiger partial charge in [-0.25, -0.2) is 0 Å². The Balaban J connectivity index is 0.000000160. The fourth-order valence-corrected chi connectivity index (χ4v) is 4.20. The van der Waals surface area contributed by atoms with E-state index in [0.29, 0.717) is 5.69 Å². The van der Waals surface area contributed by atoms with Crippen LogP contribution in [0.15, 0.2) is 170 Å². The van der Waals surface area contributed by atoms with Crippen molar-refractivity contribution in [3.8, 4) is 45.0 Å². The first-order valence-corrected chi connectivity index (χ1v) is 14.0. The summed E-state index contributed by atoms with van der Waals surface area (Å²) in [6, 6.07) is 49.9. The third kappa shape index (κ3) is 9.67. The first kappa shape index (κ1) is 32.2. The van der Waals surface area contributed by atoms with Crippen LogP contribution in [0.4, 0.5) is 5.69 Å².